The average Bonchev–Trinajstić information content (AvgIpc) is 2.91. The number of carbonyl (C=O) groups is 1. The average molecular weight is 366 g/mol. The second kappa shape index (κ2) is 8.10. The lowest BCUT2D eigenvalue weighted by Crippen LogP contribution is -2.27. The van der Waals surface area contributed by atoms with Gasteiger partial charge in [0.1, 0.15) is 16.5 Å². The maximum absolute atomic E-state index is 11.9. The zero-order valence-electron chi connectivity index (χ0n) is 15.2. The number of aromatic nitrogens is 2. The minimum absolute atomic E-state index is 0.109. The van der Waals surface area contributed by atoms with Crippen LogP contribution in [-0.2, 0) is 4.79 Å². The molecule has 3 rings (SSSR count). The highest BCUT2D eigenvalue weighted by Crippen LogP contribution is 2.32. The largest absolute Gasteiger partial charge is 0.368 e. The number of carbonyl (C=O) groups excluding carboxylic acids is 1. The number of nitrogens with one attached hydrogen (secondary N) is 2. The van der Waals surface area contributed by atoms with Crippen LogP contribution in [0.4, 0.5) is 5.82 Å². The van der Waals surface area contributed by atoms with Crippen molar-refractivity contribution < 1.29 is 4.79 Å². The molecule has 134 valence electrons. The molecular formula is C20H22N4OS. The molecule has 0 aliphatic carbocycles. The summed E-state index contributed by atoms with van der Waals surface area (Å²) >= 11 is 1.69. The summed E-state index contributed by atoms with van der Waals surface area (Å²) < 4.78 is 0. The van der Waals surface area contributed by atoms with Gasteiger partial charge < -0.3 is 10.6 Å². The van der Waals surface area contributed by atoms with Crippen molar-refractivity contribution in [1.82, 2.24) is 15.3 Å². The number of benzene rings is 1. The summed E-state index contributed by atoms with van der Waals surface area (Å²) in [5.41, 5.74) is 2.21. The molecule has 0 bridgehead atoms. The number of nitrogens with zero attached hydrogens (tertiary/aromatic N) is 2. The molecule has 2 aromatic heterocycles. The van der Waals surface area contributed by atoms with Gasteiger partial charge in [-0.3, -0.25) is 4.79 Å². The third kappa shape index (κ3) is 4.26. The Morgan fingerprint density at radius 1 is 1.12 bits per heavy atom. The van der Waals surface area contributed by atoms with Crippen LogP contribution in [0.1, 0.15) is 21.8 Å². The van der Waals surface area contributed by atoms with E-state index < -0.39 is 0 Å². The standard InChI is InChI=1S/C20H22N4OS/c1-13-14(2)26-20-18(13)19(23-15(3)24-20)22-12-11-21-17(25)10-9-16-7-5-4-6-8-16/h4-10H,11-12H2,1-3H3,(H,21,25)(H,22,23,24)/b10-9+. The van der Waals surface area contributed by atoms with E-state index in [1.807, 2.05) is 37.3 Å². The lowest BCUT2D eigenvalue weighted by atomic mass is 10.2. The van der Waals surface area contributed by atoms with Gasteiger partial charge in [-0.15, -0.1) is 11.3 Å². The molecule has 2 N–H and O–H groups in total. The molecule has 0 fully saturated rings. The Labute approximate surface area is 157 Å². The van der Waals surface area contributed by atoms with Crippen LogP contribution in [0.5, 0.6) is 0 Å². The highest BCUT2D eigenvalue weighted by atomic mass is 32.1. The smallest absolute Gasteiger partial charge is 0.244 e. The zero-order valence-corrected chi connectivity index (χ0v) is 16.0. The van der Waals surface area contributed by atoms with Crippen LogP contribution >= 0.6 is 11.3 Å². The zero-order chi connectivity index (χ0) is 18.5. The lowest BCUT2D eigenvalue weighted by Gasteiger charge is -2.09. The normalized spacial score (nSPS) is 11.2. The molecule has 0 aliphatic heterocycles. The van der Waals surface area contributed by atoms with E-state index >= 15 is 0 Å². The predicted octanol–water partition coefficient (Wildman–Crippen LogP) is 3.86. The van der Waals surface area contributed by atoms with Crippen LogP contribution in [0, 0.1) is 20.8 Å². The Morgan fingerprint density at radius 2 is 1.88 bits per heavy atom. The third-order valence-electron chi connectivity index (χ3n) is 4.08. The fourth-order valence-corrected chi connectivity index (χ4v) is 3.72. The van der Waals surface area contributed by atoms with Gasteiger partial charge in [-0.1, -0.05) is 30.3 Å². The van der Waals surface area contributed by atoms with E-state index in [-0.39, 0.29) is 5.91 Å². The molecular weight excluding hydrogens is 344 g/mol. The Morgan fingerprint density at radius 3 is 2.65 bits per heavy atom. The van der Waals surface area contributed by atoms with Crippen molar-refractivity contribution in [3.05, 3.63) is 58.2 Å². The van der Waals surface area contributed by atoms with Crippen molar-refractivity contribution >= 4 is 39.4 Å². The molecule has 0 aliphatic rings. The van der Waals surface area contributed by atoms with E-state index in [4.69, 9.17) is 0 Å². The molecule has 0 radical (unpaired) electrons. The summed E-state index contributed by atoms with van der Waals surface area (Å²) in [5, 5.41) is 7.28. The molecule has 0 saturated heterocycles. The first kappa shape index (κ1) is 18.1. The Bertz CT molecular complexity index is 947. The number of hydrogen-bond acceptors (Lipinski definition) is 5. The van der Waals surface area contributed by atoms with E-state index in [9.17, 15) is 4.79 Å². The van der Waals surface area contributed by atoms with Crippen LogP contribution in [-0.4, -0.2) is 29.0 Å². The van der Waals surface area contributed by atoms with Crippen LogP contribution in [0.2, 0.25) is 0 Å². The maximum Gasteiger partial charge on any atom is 0.244 e. The molecule has 3 aromatic rings. The molecule has 1 aromatic carbocycles. The van der Waals surface area contributed by atoms with Crippen LogP contribution < -0.4 is 10.6 Å². The number of thiophene rings is 1. The number of aryl methyl sites for hydroxylation is 3. The van der Waals surface area contributed by atoms with Gasteiger partial charge in [0.05, 0.1) is 5.39 Å². The number of hydrogen-bond donors (Lipinski definition) is 2. The highest BCUT2D eigenvalue weighted by molar-refractivity contribution is 7.18. The molecule has 0 saturated carbocycles. The summed E-state index contributed by atoms with van der Waals surface area (Å²) in [4.78, 5) is 23.2. The Balaban J connectivity index is 1.56. The van der Waals surface area contributed by atoms with Gasteiger partial charge >= 0.3 is 0 Å². The second-order valence-corrected chi connectivity index (χ2v) is 7.25. The van der Waals surface area contributed by atoms with E-state index in [1.165, 1.54) is 10.4 Å². The summed E-state index contributed by atoms with van der Waals surface area (Å²) in [6, 6.07) is 9.75. The molecule has 0 spiro atoms. The van der Waals surface area contributed by atoms with E-state index in [2.05, 4.69) is 34.4 Å². The third-order valence-corrected chi connectivity index (χ3v) is 5.19. The van der Waals surface area contributed by atoms with E-state index in [1.54, 1.807) is 23.5 Å². The molecule has 6 heteroatoms. The van der Waals surface area contributed by atoms with E-state index in [0.717, 1.165) is 27.4 Å². The first-order valence-electron chi connectivity index (χ1n) is 8.54. The Kier molecular flexibility index (Phi) is 5.63. The predicted molar refractivity (Wildman–Crippen MR) is 109 cm³/mol. The quantitative estimate of drug-likeness (QED) is 0.513. The van der Waals surface area contributed by atoms with Crippen LogP contribution in [0.25, 0.3) is 16.3 Å². The number of anilines is 1. The molecule has 5 nitrogen and oxygen atoms in total. The van der Waals surface area contributed by atoms with Gasteiger partial charge in [0.2, 0.25) is 5.91 Å². The number of rotatable bonds is 6. The maximum atomic E-state index is 11.9. The number of fused-ring (bicyclic) bond motifs is 1. The van der Waals surface area contributed by atoms with Crippen molar-refractivity contribution in [2.45, 2.75) is 20.8 Å². The highest BCUT2D eigenvalue weighted by Gasteiger charge is 2.12. The van der Waals surface area contributed by atoms with Gasteiger partial charge in [-0.05, 0) is 38.0 Å². The molecule has 26 heavy (non-hydrogen) atoms. The first-order valence-corrected chi connectivity index (χ1v) is 9.35. The monoisotopic (exact) mass is 366 g/mol. The summed E-state index contributed by atoms with van der Waals surface area (Å²) in [5.74, 6) is 1.47. The first-order chi connectivity index (χ1) is 12.5. The van der Waals surface area contributed by atoms with Gasteiger partial charge in [0.25, 0.3) is 0 Å². The van der Waals surface area contributed by atoms with Gasteiger partial charge in [-0.2, -0.15) is 0 Å². The van der Waals surface area contributed by atoms with Crippen LogP contribution in [0.15, 0.2) is 36.4 Å². The fraction of sp³-hybridized carbons (Fsp3) is 0.250. The van der Waals surface area contributed by atoms with Crippen molar-refractivity contribution in [1.29, 1.82) is 0 Å². The van der Waals surface area contributed by atoms with E-state index in [0.29, 0.717) is 13.1 Å². The van der Waals surface area contributed by atoms with Crippen molar-refractivity contribution in [2.75, 3.05) is 18.4 Å². The van der Waals surface area contributed by atoms with Crippen molar-refractivity contribution in [3.8, 4) is 0 Å². The second-order valence-electron chi connectivity index (χ2n) is 6.04. The van der Waals surface area contributed by atoms with Gasteiger partial charge in [0, 0.05) is 24.0 Å². The van der Waals surface area contributed by atoms with Crippen molar-refractivity contribution in [2.24, 2.45) is 0 Å². The topological polar surface area (TPSA) is 66.9 Å². The molecule has 0 unspecified atom stereocenters. The minimum atomic E-state index is -0.109. The molecule has 2 heterocycles. The SMILES string of the molecule is Cc1nc(NCCNC(=O)/C=C/c2ccccc2)c2c(C)c(C)sc2n1. The van der Waals surface area contributed by atoms with Gasteiger partial charge in [0.15, 0.2) is 0 Å². The fourth-order valence-electron chi connectivity index (χ4n) is 2.65. The lowest BCUT2D eigenvalue weighted by molar-refractivity contribution is -0.116. The molecule has 0 atom stereocenters. The van der Waals surface area contributed by atoms with Crippen LogP contribution in [0.3, 0.4) is 0 Å². The minimum Gasteiger partial charge on any atom is -0.368 e. The Hall–Kier alpha value is -2.73. The summed E-state index contributed by atoms with van der Waals surface area (Å²) in [6.07, 6.45) is 3.35. The van der Waals surface area contributed by atoms with Gasteiger partial charge in [-0.25, -0.2) is 9.97 Å². The number of amides is 1. The molecule has 1 amide bonds. The van der Waals surface area contributed by atoms with Crippen molar-refractivity contribution in [3.63, 3.8) is 0 Å². The summed E-state index contributed by atoms with van der Waals surface area (Å²) in [6.45, 7) is 7.20. The summed E-state index contributed by atoms with van der Waals surface area (Å²) in [7, 11) is 0.